The molecular weight excluding hydrogens is 911 g/mol. The first-order chi connectivity index (χ1) is 36.8. The molecule has 0 radical (unpaired) electrons. The number of rotatable bonds is 11. The van der Waals surface area contributed by atoms with Crippen LogP contribution in [0.15, 0.2) is 289 Å². The van der Waals surface area contributed by atoms with E-state index in [1.807, 2.05) is 93.0 Å². The third kappa shape index (κ3) is 14.8. The number of fused-ring (bicyclic) bond motifs is 3. The van der Waals surface area contributed by atoms with E-state index in [0.717, 1.165) is 5.56 Å². The van der Waals surface area contributed by atoms with Crippen LogP contribution >= 0.6 is 0 Å². The van der Waals surface area contributed by atoms with Crippen LogP contribution in [-0.4, -0.2) is 24.3 Å². The Hall–Kier alpha value is -9.06. The Morgan fingerprint density at radius 3 is 1.61 bits per heavy atom. The standard InChI is InChI=1S/C38H28N2.C15H14N2.C9H12.C5H8.C3H7N/c1-39-26-27-9-7-10-28(23-27)29-11-8-12-30(24-29)31-17-18-37-35(25-31)34-15-5-6-16-36(34)38(37,32-13-3-2-4-14-32)33-19-21-40-22-20-33;1-16-15(14-10-6-3-7-11-14)17-12-13-8-4-2-5-9-13;1-8(2)9-6-4-3-5-7-9;1-3-5-4-2;1-2-3-4/h2-25H,1,26H2;2-11H,1,12H2;3-8H,1-2H3;3-5H,1H2,2H3;2-3H,4H2,1H3/b;;;5-4-;3-2-. The monoisotopic (exact) mass is 980 g/mol. The number of nitrogens with two attached hydrogens (primary N) is 1. The summed E-state index contributed by atoms with van der Waals surface area (Å²) in [6.07, 6.45) is 12.7. The van der Waals surface area contributed by atoms with Gasteiger partial charge in [0.1, 0.15) is 0 Å². The number of benzene rings is 8. The zero-order valence-corrected chi connectivity index (χ0v) is 43.9. The highest BCUT2D eigenvalue weighted by Gasteiger charge is 2.46. The van der Waals surface area contributed by atoms with Gasteiger partial charge in [-0.25, -0.2) is 4.99 Å². The summed E-state index contributed by atoms with van der Waals surface area (Å²) >= 11 is 0. The van der Waals surface area contributed by atoms with E-state index in [1.165, 1.54) is 78.5 Å². The number of pyridine rings is 1. The molecule has 0 saturated heterocycles. The molecule has 5 heteroatoms. The van der Waals surface area contributed by atoms with Crippen LogP contribution in [-0.2, 0) is 18.5 Å². The van der Waals surface area contributed by atoms with Crippen LogP contribution in [0.4, 0.5) is 0 Å². The zero-order valence-electron chi connectivity index (χ0n) is 43.9. The number of allylic oxidation sites excluding steroid dienone is 4. The molecule has 10 rings (SSSR count). The second kappa shape index (κ2) is 29.5. The van der Waals surface area contributed by atoms with Crippen LogP contribution in [0.2, 0.25) is 0 Å². The Labute approximate surface area is 446 Å². The Morgan fingerprint density at radius 2 is 1.05 bits per heavy atom. The quantitative estimate of drug-likeness (QED) is 0.0796. The molecule has 1 atom stereocenters. The summed E-state index contributed by atoms with van der Waals surface area (Å²) in [4.78, 5) is 16.9. The first-order valence-electron chi connectivity index (χ1n) is 25.4. The highest BCUT2D eigenvalue weighted by Crippen LogP contribution is 2.56. The average Bonchev–Trinajstić information content (AvgIpc) is 3.82. The summed E-state index contributed by atoms with van der Waals surface area (Å²) in [5, 5.41) is 0. The van der Waals surface area contributed by atoms with Crippen LogP contribution in [0, 0.1) is 0 Å². The number of nitrogens with zero attached hydrogens (tertiary/aromatic N) is 4. The van der Waals surface area contributed by atoms with Gasteiger partial charge in [-0.3, -0.25) is 15.0 Å². The lowest BCUT2D eigenvalue weighted by atomic mass is 9.68. The lowest BCUT2D eigenvalue weighted by molar-refractivity contribution is 0.766. The van der Waals surface area contributed by atoms with Crippen LogP contribution < -0.4 is 5.73 Å². The second-order valence-electron chi connectivity index (χ2n) is 17.8. The van der Waals surface area contributed by atoms with Gasteiger partial charge in [-0.1, -0.05) is 239 Å². The molecule has 0 fully saturated rings. The van der Waals surface area contributed by atoms with Crippen LogP contribution in [0.5, 0.6) is 0 Å². The van der Waals surface area contributed by atoms with Crippen molar-refractivity contribution < 1.29 is 0 Å². The van der Waals surface area contributed by atoms with Gasteiger partial charge in [0, 0.05) is 18.0 Å². The molecule has 374 valence electrons. The van der Waals surface area contributed by atoms with Gasteiger partial charge in [0.15, 0.2) is 5.84 Å². The maximum absolute atomic E-state index is 4.85. The Morgan fingerprint density at radius 1 is 0.533 bits per heavy atom. The fourth-order valence-electron chi connectivity index (χ4n) is 8.94. The van der Waals surface area contributed by atoms with E-state index in [0.29, 0.717) is 24.8 Å². The summed E-state index contributed by atoms with van der Waals surface area (Å²) in [6, 6.07) is 78.9. The van der Waals surface area contributed by atoms with Crippen LogP contribution in [0.3, 0.4) is 0 Å². The predicted molar refractivity (Wildman–Crippen MR) is 323 cm³/mol. The van der Waals surface area contributed by atoms with E-state index in [-0.39, 0.29) is 0 Å². The molecule has 9 aromatic rings. The van der Waals surface area contributed by atoms with Crippen molar-refractivity contribution in [3.8, 4) is 33.4 Å². The van der Waals surface area contributed by atoms with Gasteiger partial charge in [0.05, 0.1) is 18.5 Å². The molecule has 8 aromatic carbocycles. The average molecular weight is 980 g/mol. The van der Waals surface area contributed by atoms with Crippen molar-refractivity contribution in [1.29, 1.82) is 0 Å². The zero-order chi connectivity index (χ0) is 53.1. The molecular formula is C70H69N5. The smallest absolute Gasteiger partial charge is 0.154 e. The highest BCUT2D eigenvalue weighted by atomic mass is 14.9. The molecule has 1 heterocycles. The highest BCUT2D eigenvalue weighted by molar-refractivity contribution is 6.01. The third-order valence-electron chi connectivity index (χ3n) is 12.5. The Kier molecular flexibility index (Phi) is 21.7. The van der Waals surface area contributed by atoms with Crippen molar-refractivity contribution in [2.45, 2.75) is 52.1 Å². The van der Waals surface area contributed by atoms with Gasteiger partial charge in [0.25, 0.3) is 0 Å². The summed E-state index contributed by atoms with van der Waals surface area (Å²) in [5.74, 6) is 1.35. The van der Waals surface area contributed by atoms with Gasteiger partial charge in [-0.15, -0.1) is 0 Å². The molecule has 0 aliphatic heterocycles. The SMILES string of the molecule is C/C=C\N.C=C/C=C\C.C=NC(=NCc1ccccc1)c1ccccc1.C=NCc1cccc(-c2cccc(-c3ccc4c(c3)-c3ccccc3C4(c3ccccc3)c3ccncc3)c2)c1.CC(C)c1ccccc1. The summed E-state index contributed by atoms with van der Waals surface area (Å²) < 4.78 is 0. The van der Waals surface area contributed by atoms with Crippen LogP contribution in [0.1, 0.15) is 78.1 Å². The van der Waals surface area contributed by atoms with Gasteiger partial charge in [0.2, 0.25) is 0 Å². The lowest BCUT2D eigenvalue weighted by Crippen LogP contribution is -2.28. The minimum Gasteiger partial charge on any atom is -0.405 e. The maximum Gasteiger partial charge on any atom is 0.154 e. The van der Waals surface area contributed by atoms with Crippen molar-refractivity contribution in [1.82, 2.24) is 4.98 Å². The first-order valence-corrected chi connectivity index (χ1v) is 25.4. The van der Waals surface area contributed by atoms with Crippen molar-refractivity contribution in [2.75, 3.05) is 0 Å². The number of aromatic nitrogens is 1. The van der Waals surface area contributed by atoms with Crippen molar-refractivity contribution in [3.63, 3.8) is 0 Å². The van der Waals surface area contributed by atoms with E-state index in [2.05, 4.69) is 224 Å². The van der Waals surface area contributed by atoms with E-state index < -0.39 is 5.41 Å². The van der Waals surface area contributed by atoms with E-state index in [4.69, 9.17) is 5.73 Å². The maximum atomic E-state index is 4.85. The molecule has 0 spiro atoms. The third-order valence-corrected chi connectivity index (χ3v) is 12.5. The molecule has 1 unspecified atom stereocenters. The molecule has 0 saturated carbocycles. The molecule has 1 aliphatic carbocycles. The molecule has 0 amide bonds. The van der Waals surface area contributed by atoms with Gasteiger partial charge in [-0.2, -0.15) is 0 Å². The fourth-order valence-corrected chi connectivity index (χ4v) is 8.94. The normalized spacial score (nSPS) is 13.0. The van der Waals surface area contributed by atoms with Crippen molar-refractivity contribution in [2.24, 2.45) is 20.7 Å². The Balaban J connectivity index is 0.000000213. The molecule has 0 bridgehead atoms. The minimum atomic E-state index is -0.407. The number of hydrogen-bond donors (Lipinski definition) is 1. The summed E-state index contributed by atoms with van der Waals surface area (Å²) in [5.41, 5.74) is 21.6. The number of aliphatic imine (C=N–C) groups is 3. The van der Waals surface area contributed by atoms with Crippen molar-refractivity contribution in [3.05, 3.63) is 318 Å². The fraction of sp³-hybridized carbons (Fsp3) is 0.114. The van der Waals surface area contributed by atoms with Gasteiger partial charge < -0.3 is 5.73 Å². The number of hydrogen-bond acceptors (Lipinski definition) is 4. The number of amidine groups is 1. The van der Waals surface area contributed by atoms with E-state index in [1.54, 1.807) is 12.2 Å². The van der Waals surface area contributed by atoms with E-state index >= 15 is 0 Å². The second-order valence-corrected chi connectivity index (χ2v) is 17.8. The summed E-state index contributed by atoms with van der Waals surface area (Å²) in [6.45, 7) is 20.2. The molecule has 5 nitrogen and oxygen atoms in total. The van der Waals surface area contributed by atoms with Gasteiger partial charge in [-0.05, 0) is 142 Å². The first kappa shape index (κ1) is 55.3. The summed E-state index contributed by atoms with van der Waals surface area (Å²) in [7, 11) is 0. The topological polar surface area (TPSA) is 76.0 Å². The lowest BCUT2D eigenvalue weighted by Gasteiger charge is -2.33. The van der Waals surface area contributed by atoms with Crippen LogP contribution in [0.25, 0.3) is 33.4 Å². The molecule has 1 aliphatic rings. The van der Waals surface area contributed by atoms with E-state index in [9.17, 15) is 0 Å². The Bertz CT molecular complexity index is 3210. The van der Waals surface area contributed by atoms with Crippen molar-refractivity contribution >= 4 is 19.3 Å². The predicted octanol–water partition coefficient (Wildman–Crippen LogP) is 17.4. The molecule has 2 N–H and O–H groups in total. The van der Waals surface area contributed by atoms with Gasteiger partial charge >= 0.3 is 0 Å². The molecule has 75 heavy (non-hydrogen) atoms. The largest absolute Gasteiger partial charge is 0.405 e. The molecule has 1 aromatic heterocycles. The minimum absolute atomic E-state index is 0.407.